The molecule has 0 aromatic carbocycles. The molecule has 2 aromatic rings. The third-order valence-electron chi connectivity index (χ3n) is 8.87. The third kappa shape index (κ3) is 11.3. The summed E-state index contributed by atoms with van der Waals surface area (Å²) in [5.41, 5.74) is 1.12. The molecule has 0 atom stereocenters. The molecule has 0 bridgehead atoms. The van der Waals surface area contributed by atoms with Crippen molar-refractivity contribution in [2.75, 3.05) is 70.6 Å². The van der Waals surface area contributed by atoms with Crippen LogP contribution in [-0.4, -0.2) is 134 Å². The van der Waals surface area contributed by atoms with Gasteiger partial charge in [0, 0.05) is 0 Å². The van der Waals surface area contributed by atoms with Crippen LogP contribution >= 0.6 is 11.3 Å². The van der Waals surface area contributed by atoms with Crippen LogP contribution in [0.25, 0.3) is 10.2 Å². The summed E-state index contributed by atoms with van der Waals surface area (Å²) < 4.78 is 18.3. The van der Waals surface area contributed by atoms with Crippen LogP contribution in [0.1, 0.15) is 77.0 Å². The Morgan fingerprint density at radius 3 is 1.98 bits per heavy atom. The second kappa shape index (κ2) is 19.7. The van der Waals surface area contributed by atoms with Crippen molar-refractivity contribution in [2.24, 2.45) is 0 Å². The molecule has 2 aromatic heterocycles. The van der Waals surface area contributed by atoms with Gasteiger partial charge in [0.15, 0.2) is 0 Å². The maximum absolute atomic E-state index is 5.53. The molecule has 0 amide bonds. The van der Waals surface area contributed by atoms with Gasteiger partial charge in [-0.2, -0.15) is 0 Å². The molecule has 3 saturated heterocycles. The molecule has 3 aliphatic heterocycles. The molecule has 0 aliphatic carbocycles. The second-order valence-electron chi connectivity index (χ2n) is 12.1. The van der Waals surface area contributed by atoms with Crippen molar-refractivity contribution in [3.63, 3.8) is 0 Å². The fraction of sp³-hybridized carbons (Fsp3) is 0.812. The summed E-state index contributed by atoms with van der Waals surface area (Å²) in [6.45, 7) is 17.8. The van der Waals surface area contributed by atoms with E-state index in [4.69, 9.17) is 19.4 Å². The minimum atomic E-state index is -0.839. The number of unbranched alkanes of at least 4 members (excludes halogenated alkanes) is 3. The number of thiophene rings is 1. The second-order valence-corrected chi connectivity index (χ2v) is 23.1. The monoisotopic (exact) mass is 813 g/mol. The molecule has 3 aliphatic rings. The van der Waals surface area contributed by atoms with Crippen molar-refractivity contribution in [1.29, 1.82) is 0 Å². The fourth-order valence-corrected chi connectivity index (χ4v) is 17.5. The van der Waals surface area contributed by atoms with E-state index in [1.165, 1.54) is 96.6 Å². The Bertz CT molecular complexity index is 1000. The summed E-state index contributed by atoms with van der Waals surface area (Å²) >= 11 is 2.32. The summed E-state index contributed by atoms with van der Waals surface area (Å²) in [4.78, 5) is 18.6. The first-order chi connectivity index (χ1) is 20.6. The number of nitrogens with zero attached hydrogens (tertiary/aromatic N) is 5. The summed E-state index contributed by atoms with van der Waals surface area (Å²) in [6.07, 6.45) is 11.4. The van der Waals surface area contributed by atoms with Gasteiger partial charge in [-0.05, 0) is 0 Å². The Kier molecular flexibility index (Phi) is 16.5. The van der Waals surface area contributed by atoms with E-state index in [-0.39, 0.29) is 0 Å². The molecule has 0 N–H and O–H groups in total. The van der Waals surface area contributed by atoms with Gasteiger partial charge in [0.2, 0.25) is 0 Å². The van der Waals surface area contributed by atoms with Crippen molar-refractivity contribution >= 4 is 73.5 Å². The zero-order valence-corrected chi connectivity index (χ0v) is 33.2. The van der Waals surface area contributed by atoms with Crippen molar-refractivity contribution in [3.05, 3.63) is 10.9 Å². The van der Waals surface area contributed by atoms with Gasteiger partial charge in [0.1, 0.15) is 0 Å². The molecule has 0 unspecified atom stereocenters. The number of hydrogen-bond donors (Lipinski definition) is 0. The molecule has 5 rings (SSSR count). The van der Waals surface area contributed by atoms with Crippen LogP contribution < -0.4 is 8.74 Å². The van der Waals surface area contributed by atoms with Crippen LogP contribution in [0.5, 0.6) is 0 Å². The molecular formula is C32H55N5O2SSn2. The molecule has 4 radical (unpaired) electrons. The summed E-state index contributed by atoms with van der Waals surface area (Å²) in [5, 5.41) is 0. The van der Waals surface area contributed by atoms with Crippen molar-refractivity contribution in [1.82, 2.24) is 19.8 Å². The van der Waals surface area contributed by atoms with Gasteiger partial charge in [-0.25, -0.2) is 0 Å². The SMILES string of the molecule is CCC[CH2][Sn]([CH2]CCC)[CH2]CCC.[Sn][c]1nc(N2CCOCC2)c2sc(CN3CCC(N4CCOCC4)CC3)cc2n1. The molecule has 42 heavy (non-hydrogen) atoms. The Balaban J connectivity index is 0.000000266. The number of likely N-dealkylation sites (tertiary alicyclic amines) is 1. The zero-order valence-electron chi connectivity index (χ0n) is 26.7. The number of fused-ring (bicyclic) bond motifs is 1. The van der Waals surface area contributed by atoms with E-state index in [9.17, 15) is 0 Å². The average Bonchev–Trinajstić information content (AvgIpc) is 3.43. The van der Waals surface area contributed by atoms with Gasteiger partial charge in [0.25, 0.3) is 0 Å². The maximum atomic E-state index is 5.53. The standard InChI is InChI=1S/C20H28N5O2S.3C4H9.2Sn/c1-3-23(4-2-16(1)24-5-9-26-10-6-24)14-17-13-18-19(28-17)20(22-15-21-18)25-7-11-27-12-8-25;3*1-3-4-2;;/h13,16H,1-12,14H2;3*1,3-4H2,2H3;;. The Morgan fingerprint density at radius 1 is 0.833 bits per heavy atom. The van der Waals surface area contributed by atoms with Crippen LogP contribution in [0.3, 0.4) is 0 Å². The van der Waals surface area contributed by atoms with Crippen molar-refractivity contribution in [3.8, 4) is 0 Å². The summed E-state index contributed by atoms with van der Waals surface area (Å²) in [5.74, 6) is 1.12. The number of rotatable bonds is 13. The van der Waals surface area contributed by atoms with Crippen LogP contribution in [-0.2, 0) is 16.0 Å². The number of ether oxygens (including phenoxy) is 2. The van der Waals surface area contributed by atoms with Crippen molar-refractivity contribution < 1.29 is 9.47 Å². The third-order valence-corrected chi connectivity index (χ3v) is 19.7. The van der Waals surface area contributed by atoms with E-state index < -0.39 is 19.8 Å². The zero-order chi connectivity index (χ0) is 29.6. The van der Waals surface area contributed by atoms with Gasteiger partial charge in [0.05, 0.1) is 13.2 Å². The first-order valence-electron chi connectivity index (χ1n) is 16.8. The van der Waals surface area contributed by atoms with E-state index in [1.54, 1.807) is 13.3 Å². The fourth-order valence-electron chi connectivity index (χ4n) is 6.29. The first kappa shape index (κ1) is 35.1. The van der Waals surface area contributed by atoms with Gasteiger partial charge in [-0.3, -0.25) is 0 Å². The molecule has 10 heteroatoms. The Labute approximate surface area is 280 Å². The topological polar surface area (TPSA) is 54.0 Å². The van der Waals surface area contributed by atoms with E-state index in [1.807, 2.05) is 11.3 Å². The summed E-state index contributed by atoms with van der Waals surface area (Å²) in [6, 6.07) is 3.04. The summed E-state index contributed by atoms with van der Waals surface area (Å²) in [7, 11) is 0. The van der Waals surface area contributed by atoms with Crippen LogP contribution in [0.15, 0.2) is 6.07 Å². The van der Waals surface area contributed by atoms with E-state index in [0.29, 0.717) is 0 Å². The van der Waals surface area contributed by atoms with Crippen LogP contribution in [0.2, 0.25) is 13.3 Å². The molecule has 0 spiro atoms. The van der Waals surface area contributed by atoms with E-state index in [0.717, 1.165) is 80.4 Å². The van der Waals surface area contributed by atoms with Crippen LogP contribution in [0.4, 0.5) is 5.82 Å². The predicted molar refractivity (Wildman–Crippen MR) is 181 cm³/mol. The molecule has 5 heterocycles. The number of hydrogen-bond acceptors (Lipinski definition) is 8. The molecule has 0 saturated carbocycles. The Hall–Kier alpha value is 0.277. The van der Waals surface area contributed by atoms with Gasteiger partial charge in [-0.1, -0.05) is 0 Å². The molecule has 234 valence electrons. The predicted octanol–water partition coefficient (Wildman–Crippen LogP) is 5.50. The average molecular weight is 811 g/mol. The van der Waals surface area contributed by atoms with Gasteiger partial charge < -0.3 is 4.74 Å². The number of morpholine rings is 2. The first-order valence-corrected chi connectivity index (χ1v) is 25.1. The number of piperidine rings is 1. The normalized spacial score (nSPS) is 19.4. The minimum absolute atomic E-state index is 0.738. The van der Waals surface area contributed by atoms with E-state index in [2.05, 4.69) is 41.5 Å². The quantitative estimate of drug-likeness (QED) is 0.248. The van der Waals surface area contributed by atoms with Crippen LogP contribution in [0, 0.1) is 0 Å². The van der Waals surface area contributed by atoms with Crippen molar-refractivity contribution in [2.45, 2.75) is 98.0 Å². The molecule has 3 fully saturated rings. The number of anilines is 1. The van der Waals surface area contributed by atoms with E-state index >= 15 is 0 Å². The molecule has 7 nitrogen and oxygen atoms in total. The van der Waals surface area contributed by atoms with Gasteiger partial charge >= 0.3 is 264 Å². The molecular weight excluding hydrogens is 756 g/mol. The van der Waals surface area contributed by atoms with Gasteiger partial charge in [-0.15, -0.1) is 0 Å². The Morgan fingerprint density at radius 2 is 1.40 bits per heavy atom. The number of aromatic nitrogens is 2.